The standard InChI is InChI=1S/C9H14O7/c1-9(2)15-6-4(11)3(10)5(7(12)13)14-8(6)16-9/h3-6,8,10-11H,1-2H3,(H,12,13)/t3-,4-,5-,6+,8-/m0/s1. The molecule has 92 valence electrons. The molecule has 0 radical (unpaired) electrons. The van der Waals surface area contributed by atoms with Crippen molar-refractivity contribution in [3.05, 3.63) is 0 Å². The molecule has 0 spiro atoms. The molecule has 0 aromatic carbocycles. The highest BCUT2D eigenvalue weighted by Crippen LogP contribution is 2.36. The van der Waals surface area contributed by atoms with Crippen LogP contribution < -0.4 is 0 Å². The molecule has 0 bridgehead atoms. The quantitative estimate of drug-likeness (QED) is 0.516. The van der Waals surface area contributed by atoms with Gasteiger partial charge in [-0.2, -0.15) is 0 Å². The van der Waals surface area contributed by atoms with E-state index in [0.717, 1.165) is 0 Å². The Morgan fingerprint density at radius 3 is 2.38 bits per heavy atom. The average molecular weight is 234 g/mol. The van der Waals surface area contributed by atoms with Crippen molar-refractivity contribution in [3.8, 4) is 0 Å². The molecule has 2 aliphatic heterocycles. The van der Waals surface area contributed by atoms with Crippen molar-refractivity contribution in [1.82, 2.24) is 0 Å². The van der Waals surface area contributed by atoms with Crippen LogP contribution in [0.3, 0.4) is 0 Å². The molecule has 2 saturated heterocycles. The van der Waals surface area contributed by atoms with Crippen LogP contribution in [0.25, 0.3) is 0 Å². The SMILES string of the molecule is CC1(C)O[C@@H]2O[C@H](C(=O)O)[C@@H](O)[C@H](O)[C@H]2O1. The lowest BCUT2D eigenvalue weighted by molar-refractivity contribution is -0.251. The van der Waals surface area contributed by atoms with Crippen molar-refractivity contribution in [1.29, 1.82) is 0 Å². The first-order valence-corrected chi connectivity index (χ1v) is 4.92. The van der Waals surface area contributed by atoms with E-state index in [0.29, 0.717) is 0 Å². The first-order valence-electron chi connectivity index (χ1n) is 4.92. The number of carbonyl (C=O) groups is 1. The molecule has 2 heterocycles. The molecule has 0 aromatic rings. The highest BCUT2D eigenvalue weighted by Gasteiger charge is 2.55. The van der Waals surface area contributed by atoms with Crippen LogP contribution in [-0.4, -0.2) is 57.8 Å². The molecule has 7 nitrogen and oxygen atoms in total. The molecule has 7 heteroatoms. The molecule has 0 amide bonds. The van der Waals surface area contributed by atoms with E-state index in [1.165, 1.54) is 0 Å². The normalized spacial score (nSPS) is 46.4. The van der Waals surface area contributed by atoms with Gasteiger partial charge < -0.3 is 29.5 Å². The largest absolute Gasteiger partial charge is 0.479 e. The maximum absolute atomic E-state index is 10.8. The predicted octanol–water partition coefficient (Wildman–Crippen LogP) is -1.33. The summed E-state index contributed by atoms with van der Waals surface area (Å²) in [6.07, 6.45) is -6.23. The molecule has 3 N–H and O–H groups in total. The summed E-state index contributed by atoms with van der Waals surface area (Å²) in [5, 5.41) is 28.0. The second-order valence-electron chi connectivity index (χ2n) is 4.34. The summed E-state index contributed by atoms with van der Waals surface area (Å²) in [6.45, 7) is 3.23. The van der Waals surface area contributed by atoms with Crippen LogP contribution in [-0.2, 0) is 19.0 Å². The van der Waals surface area contributed by atoms with Crippen molar-refractivity contribution >= 4 is 5.97 Å². The molecule has 0 unspecified atom stereocenters. The summed E-state index contributed by atoms with van der Waals surface area (Å²) in [6, 6.07) is 0. The minimum atomic E-state index is -1.53. The van der Waals surface area contributed by atoms with Gasteiger partial charge in [0.15, 0.2) is 18.2 Å². The number of hydrogen-bond donors (Lipinski definition) is 3. The van der Waals surface area contributed by atoms with Gasteiger partial charge in [-0.25, -0.2) is 4.79 Å². The Balaban J connectivity index is 2.18. The topological polar surface area (TPSA) is 105 Å². The monoisotopic (exact) mass is 234 g/mol. The third-order valence-corrected chi connectivity index (χ3v) is 2.61. The highest BCUT2D eigenvalue weighted by molar-refractivity contribution is 5.73. The number of fused-ring (bicyclic) bond motifs is 1. The first-order chi connectivity index (χ1) is 7.32. The zero-order valence-electron chi connectivity index (χ0n) is 8.86. The number of ether oxygens (including phenoxy) is 3. The number of aliphatic carboxylic acids is 1. The van der Waals surface area contributed by atoms with Gasteiger partial charge in [-0.1, -0.05) is 0 Å². The maximum atomic E-state index is 10.8. The maximum Gasteiger partial charge on any atom is 0.335 e. The van der Waals surface area contributed by atoms with Gasteiger partial charge in [0.2, 0.25) is 0 Å². The summed E-state index contributed by atoms with van der Waals surface area (Å²) in [5.74, 6) is -2.32. The number of aliphatic hydroxyl groups excluding tert-OH is 2. The van der Waals surface area contributed by atoms with Crippen LogP contribution in [0, 0.1) is 0 Å². The molecule has 0 saturated carbocycles. The van der Waals surface area contributed by atoms with E-state index < -0.39 is 42.5 Å². The van der Waals surface area contributed by atoms with E-state index in [-0.39, 0.29) is 0 Å². The van der Waals surface area contributed by atoms with Gasteiger partial charge in [-0.05, 0) is 13.8 Å². The minimum absolute atomic E-state index is 0.874. The Morgan fingerprint density at radius 1 is 1.19 bits per heavy atom. The van der Waals surface area contributed by atoms with E-state index in [1.54, 1.807) is 13.8 Å². The van der Waals surface area contributed by atoms with Crippen LogP contribution in [0.2, 0.25) is 0 Å². The van der Waals surface area contributed by atoms with E-state index in [2.05, 4.69) is 0 Å². The number of aliphatic hydroxyl groups is 2. The summed E-state index contributed by atoms with van der Waals surface area (Å²) in [5.41, 5.74) is 0. The summed E-state index contributed by atoms with van der Waals surface area (Å²) in [4.78, 5) is 10.8. The fourth-order valence-electron chi connectivity index (χ4n) is 1.90. The van der Waals surface area contributed by atoms with Gasteiger partial charge >= 0.3 is 5.97 Å². The zero-order chi connectivity index (χ0) is 12.1. The molecule has 2 aliphatic rings. The van der Waals surface area contributed by atoms with Gasteiger partial charge in [0.1, 0.15) is 18.3 Å². The van der Waals surface area contributed by atoms with Crippen molar-refractivity contribution in [3.63, 3.8) is 0 Å². The Labute approximate surface area is 91.5 Å². The van der Waals surface area contributed by atoms with Gasteiger partial charge in [-0.3, -0.25) is 0 Å². The molecular weight excluding hydrogens is 220 g/mol. The summed E-state index contributed by atoms with van der Waals surface area (Å²) < 4.78 is 15.6. The van der Waals surface area contributed by atoms with Crippen LogP contribution in [0.1, 0.15) is 13.8 Å². The van der Waals surface area contributed by atoms with Crippen molar-refractivity contribution in [2.45, 2.75) is 50.3 Å². The van der Waals surface area contributed by atoms with Crippen molar-refractivity contribution in [2.24, 2.45) is 0 Å². The van der Waals surface area contributed by atoms with Crippen LogP contribution in [0.15, 0.2) is 0 Å². The lowest BCUT2D eigenvalue weighted by Crippen LogP contribution is -2.58. The van der Waals surface area contributed by atoms with Crippen LogP contribution >= 0.6 is 0 Å². The van der Waals surface area contributed by atoms with E-state index >= 15 is 0 Å². The number of rotatable bonds is 1. The molecular formula is C9H14O7. The Kier molecular flexibility index (Phi) is 2.67. The number of carboxylic acids is 1. The molecule has 5 atom stereocenters. The molecule has 0 aromatic heterocycles. The Morgan fingerprint density at radius 2 is 1.81 bits per heavy atom. The first kappa shape index (κ1) is 11.7. The van der Waals surface area contributed by atoms with Gasteiger partial charge in [0.25, 0.3) is 0 Å². The van der Waals surface area contributed by atoms with Gasteiger partial charge in [0.05, 0.1) is 0 Å². The Hall–Kier alpha value is -0.730. The number of carboxylic acid groups (broad SMARTS) is 1. The van der Waals surface area contributed by atoms with E-state index in [1.807, 2.05) is 0 Å². The molecule has 2 rings (SSSR count). The second kappa shape index (κ2) is 3.64. The van der Waals surface area contributed by atoms with Crippen LogP contribution in [0.5, 0.6) is 0 Å². The molecule has 16 heavy (non-hydrogen) atoms. The molecule has 0 aliphatic carbocycles. The second-order valence-corrected chi connectivity index (χ2v) is 4.34. The summed E-state index contributed by atoms with van der Waals surface area (Å²) >= 11 is 0. The third-order valence-electron chi connectivity index (χ3n) is 2.61. The lowest BCUT2D eigenvalue weighted by Gasteiger charge is -2.35. The number of hydrogen-bond acceptors (Lipinski definition) is 6. The third kappa shape index (κ3) is 1.80. The fraction of sp³-hybridized carbons (Fsp3) is 0.889. The smallest absolute Gasteiger partial charge is 0.335 e. The van der Waals surface area contributed by atoms with E-state index in [9.17, 15) is 15.0 Å². The van der Waals surface area contributed by atoms with Crippen molar-refractivity contribution < 1.29 is 34.3 Å². The minimum Gasteiger partial charge on any atom is -0.479 e. The Bertz CT molecular complexity index is 302. The van der Waals surface area contributed by atoms with Gasteiger partial charge in [-0.15, -0.1) is 0 Å². The average Bonchev–Trinajstić information content (AvgIpc) is 2.46. The fourth-order valence-corrected chi connectivity index (χ4v) is 1.90. The zero-order valence-corrected chi connectivity index (χ0v) is 8.86. The van der Waals surface area contributed by atoms with Crippen LogP contribution in [0.4, 0.5) is 0 Å². The molecule has 2 fully saturated rings. The highest BCUT2D eigenvalue weighted by atomic mass is 16.8. The lowest BCUT2D eigenvalue weighted by atomic mass is 9.99. The van der Waals surface area contributed by atoms with E-state index in [4.69, 9.17) is 19.3 Å². The summed E-state index contributed by atoms with van der Waals surface area (Å²) in [7, 11) is 0. The van der Waals surface area contributed by atoms with Gasteiger partial charge in [0, 0.05) is 0 Å². The predicted molar refractivity (Wildman–Crippen MR) is 48.3 cm³/mol. The van der Waals surface area contributed by atoms with Crippen molar-refractivity contribution in [2.75, 3.05) is 0 Å².